The van der Waals surface area contributed by atoms with Crippen molar-refractivity contribution >= 4 is 21.6 Å². The molecular weight excluding hydrogens is 408 g/mol. The molecule has 2 heterocycles. The van der Waals surface area contributed by atoms with Gasteiger partial charge in [0.25, 0.3) is 0 Å². The number of ether oxygens (including phenoxy) is 1. The van der Waals surface area contributed by atoms with Crippen molar-refractivity contribution in [2.24, 2.45) is 0 Å². The first-order chi connectivity index (χ1) is 14.4. The summed E-state index contributed by atoms with van der Waals surface area (Å²) in [5.74, 6) is 1.07. The van der Waals surface area contributed by atoms with Gasteiger partial charge in [-0.15, -0.1) is 0 Å². The van der Waals surface area contributed by atoms with Gasteiger partial charge in [-0.3, -0.25) is 4.79 Å². The van der Waals surface area contributed by atoms with Crippen LogP contribution in [0.2, 0.25) is 0 Å². The van der Waals surface area contributed by atoms with Crippen LogP contribution in [-0.2, 0) is 27.8 Å². The highest BCUT2D eigenvalue weighted by molar-refractivity contribution is 7.89. The third kappa shape index (κ3) is 3.91. The topological polar surface area (TPSA) is 115 Å². The molecule has 0 fully saturated rings. The van der Waals surface area contributed by atoms with Crippen molar-refractivity contribution in [3.8, 4) is 17.1 Å². The van der Waals surface area contributed by atoms with Crippen LogP contribution in [0.5, 0.6) is 5.75 Å². The molecule has 9 nitrogen and oxygen atoms in total. The van der Waals surface area contributed by atoms with Crippen LogP contribution in [0, 0.1) is 0 Å². The maximum atomic E-state index is 12.7. The smallest absolute Gasteiger partial charge is 0.242 e. The van der Waals surface area contributed by atoms with E-state index in [9.17, 15) is 13.2 Å². The molecule has 30 heavy (non-hydrogen) atoms. The summed E-state index contributed by atoms with van der Waals surface area (Å²) in [5.41, 5.74) is 2.27. The molecule has 0 aliphatic carbocycles. The van der Waals surface area contributed by atoms with Gasteiger partial charge in [-0.2, -0.15) is 4.98 Å². The minimum absolute atomic E-state index is 0.0642. The minimum atomic E-state index is -3.79. The number of anilines is 1. The van der Waals surface area contributed by atoms with Gasteiger partial charge in [0, 0.05) is 24.7 Å². The Morgan fingerprint density at radius 1 is 1.27 bits per heavy atom. The molecule has 0 atom stereocenters. The molecule has 0 saturated carbocycles. The van der Waals surface area contributed by atoms with Crippen molar-refractivity contribution in [3.05, 3.63) is 53.9 Å². The average molecular weight is 428 g/mol. The first-order valence-corrected chi connectivity index (χ1v) is 10.7. The van der Waals surface area contributed by atoms with Crippen molar-refractivity contribution < 1.29 is 22.5 Å². The molecule has 4 rings (SSSR count). The molecule has 0 bridgehead atoms. The van der Waals surface area contributed by atoms with Crippen molar-refractivity contribution in [1.29, 1.82) is 0 Å². The molecule has 0 saturated heterocycles. The standard InChI is InChI=1S/C20H20N4O5S/c1-13(25)24-9-8-14-11-17(6-7-18(14)24)30(26,27)21-12-19-22-20(23-29-19)15-4-3-5-16(10-15)28-2/h3-7,10-11,21H,8-9,12H2,1-2H3. The van der Waals surface area contributed by atoms with E-state index in [1.807, 2.05) is 0 Å². The Balaban J connectivity index is 1.48. The number of hydrogen-bond donors (Lipinski definition) is 1. The van der Waals surface area contributed by atoms with Crippen LogP contribution in [0.25, 0.3) is 11.4 Å². The minimum Gasteiger partial charge on any atom is -0.497 e. The molecule has 3 aromatic rings. The van der Waals surface area contributed by atoms with Gasteiger partial charge in [0.1, 0.15) is 5.75 Å². The van der Waals surface area contributed by atoms with Gasteiger partial charge >= 0.3 is 0 Å². The fourth-order valence-electron chi connectivity index (χ4n) is 3.32. The monoisotopic (exact) mass is 428 g/mol. The Morgan fingerprint density at radius 3 is 2.87 bits per heavy atom. The van der Waals surface area contributed by atoms with E-state index in [4.69, 9.17) is 9.26 Å². The van der Waals surface area contributed by atoms with Gasteiger partial charge in [0.05, 0.1) is 18.6 Å². The highest BCUT2D eigenvalue weighted by Gasteiger charge is 2.25. The summed E-state index contributed by atoms with van der Waals surface area (Å²) >= 11 is 0. The zero-order valence-electron chi connectivity index (χ0n) is 16.5. The number of carbonyl (C=O) groups is 1. The van der Waals surface area contributed by atoms with E-state index in [-0.39, 0.29) is 23.2 Å². The van der Waals surface area contributed by atoms with Gasteiger partial charge in [-0.25, -0.2) is 13.1 Å². The molecule has 1 amide bonds. The zero-order valence-corrected chi connectivity index (χ0v) is 17.3. The molecule has 1 N–H and O–H groups in total. The summed E-state index contributed by atoms with van der Waals surface area (Å²) in [4.78, 5) is 17.7. The molecule has 0 spiro atoms. The van der Waals surface area contributed by atoms with Crippen LogP contribution in [-0.4, -0.2) is 38.1 Å². The van der Waals surface area contributed by atoms with Crippen LogP contribution >= 0.6 is 0 Å². The number of benzene rings is 2. The summed E-state index contributed by atoms with van der Waals surface area (Å²) in [7, 11) is -2.22. The number of rotatable bonds is 6. The molecule has 156 valence electrons. The van der Waals surface area contributed by atoms with Gasteiger partial charge < -0.3 is 14.2 Å². The average Bonchev–Trinajstić information content (AvgIpc) is 3.39. The first-order valence-electron chi connectivity index (χ1n) is 9.25. The highest BCUT2D eigenvalue weighted by atomic mass is 32.2. The van der Waals surface area contributed by atoms with E-state index >= 15 is 0 Å². The van der Waals surface area contributed by atoms with Crippen molar-refractivity contribution in [2.45, 2.75) is 24.8 Å². The van der Waals surface area contributed by atoms with Crippen molar-refractivity contribution in [3.63, 3.8) is 0 Å². The van der Waals surface area contributed by atoms with E-state index in [2.05, 4.69) is 14.9 Å². The number of sulfonamides is 1. The predicted molar refractivity (Wildman–Crippen MR) is 108 cm³/mol. The largest absolute Gasteiger partial charge is 0.497 e. The second-order valence-electron chi connectivity index (χ2n) is 6.78. The summed E-state index contributed by atoms with van der Waals surface area (Å²) in [6.07, 6.45) is 0.617. The number of fused-ring (bicyclic) bond motifs is 1. The molecule has 1 aliphatic rings. The second-order valence-corrected chi connectivity index (χ2v) is 8.55. The lowest BCUT2D eigenvalue weighted by Gasteiger charge is -2.14. The number of aromatic nitrogens is 2. The SMILES string of the molecule is COc1cccc(-c2noc(CNS(=O)(=O)c3ccc4c(c3)CCN4C(C)=O)n2)c1. The van der Waals surface area contributed by atoms with E-state index in [0.29, 0.717) is 30.1 Å². The molecule has 0 unspecified atom stereocenters. The quantitative estimate of drug-likeness (QED) is 0.640. The van der Waals surface area contributed by atoms with Gasteiger partial charge in [0.2, 0.25) is 27.6 Å². The van der Waals surface area contributed by atoms with Gasteiger partial charge in [-0.05, 0) is 42.3 Å². The van der Waals surface area contributed by atoms with E-state index in [1.54, 1.807) is 48.4 Å². The van der Waals surface area contributed by atoms with Crippen LogP contribution in [0.15, 0.2) is 51.9 Å². The number of nitrogens with zero attached hydrogens (tertiary/aromatic N) is 3. The fraction of sp³-hybridized carbons (Fsp3) is 0.250. The predicted octanol–water partition coefficient (Wildman–Crippen LogP) is 2.13. The Kier molecular flexibility index (Phi) is 5.27. The fourth-order valence-corrected chi connectivity index (χ4v) is 4.34. The first kappa shape index (κ1) is 20.0. The maximum absolute atomic E-state index is 12.7. The van der Waals surface area contributed by atoms with Gasteiger partial charge in [0.15, 0.2) is 0 Å². The van der Waals surface area contributed by atoms with Gasteiger partial charge in [-0.1, -0.05) is 17.3 Å². The summed E-state index contributed by atoms with van der Waals surface area (Å²) in [5, 5.41) is 3.89. The summed E-state index contributed by atoms with van der Waals surface area (Å²) in [6, 6.07) is 11.9. The number of carbonyl (C=O) groups excluding carboxylic acids is 1. The molecule has 2 aromatic carbocycles. The summed E-state index contributed by atoms with van der Waals surface area (Å²) < 4.78 is 38.2. The number of nitrogens with one attached hydrogen (secondary N) is 1. The third-order valence-electron chi connectivity index (χ3n) is 4.85. The molecular formula is C20H20N4O5S. The van der Waals surface area contributed by atoms with E-state index in [0.717, 1.165) is 11.3 Å². The Hall–Kier alpha value is -3.24. The lowest BCUT2D eigenvalue weighted by atomic mass is 10.2. The lowest BCUT2D eigenvalue weighted by molar-refractivity contribution is -0.116. The molecule has 0 radical (unpaired) electrons. The number of amides is 1. The maximum Gasteiger partial charge on any atom is 0.242 e. The van der Waals surface area contributed by atoms with Crippen molar-refractivity contribution in [1.82, 2.24) is 14.9 Å². The van der Waals surface area contributed by atoms with Crippen LogP contribution in [0.4, 0.5) is 5.69 Å². The van der Waals surface area contributed by atoms with E-state index < -0.39 is 10.0 Å². The second kappa shape index (κ2) is 7.88. The van der Waals surface area contributed by atoms with Crippen LogP contribution < -0.4 is 14.4 Å². The normalized spacial score (nSPS) is 13.3. The molecule has 10 heteroatoms. The Bertz CT molecular complexity index is 1210. The number of hydrogen-bond acceptors (Lipinski definition) is 7. The highest BCUT2D eigenvalue weighted by Crippen LogP contribution is 2.30. The Labute approximate surface area is 173 Å². The third-order valence-corrected chi connectivity index (χ3v) is 6.25. The van der Waals surface area contributed by atoms with Crippen LogP contribution in [0.1, 0.15) is 18.4 Å². The van der Waals surface area contributed by atoms with Crippen molar-refractivity contribution in [2.75, 3.05) is 18.6 Å². The zero-order chi connectivity index (χ0) is 21.3. The Morgan fingerprint density at radius 2 is 2.10 bits per heavy atom. The lowest BCUT2D eigenvalue weighted by Crippen LogP contribution is -2.26. The summed E-state index contributed by atoms with van der Waals surface area (Å²) in [6.45, 7) is 1.90. The molecule has 1 aromatic heterocycles. The van der Waals surface area contributed by atoms with E-state index in [1.165, 1.54) is 13.0 Å². The van der Waals surface area contributed by atoms with Crippen LogP contribution in [0.3, 0.4) is 0 Å². The molecule has 1 aliphatic heterocycles. The number of methoxy groups -OCH3 is 1.